The van der Waals surface area contributed by atoms with Crippen molar-refractivity contribution in [1.29, 1.82) is 0 Å². The molecule has 0 saturated carbocycles. The summed E-state index contributed by atoms with van der Waals surface area (Å²) < 4.78 is 8.48. The van der Waals surface area contributed by atoms with Crippen LogP contribution in [0.15, 0.2) is 23.2 Å². The second kappa shape index (κ2) is 7.13. The Kier molecular flexibility index (Phi) is 5.47. The average Bonchev–Trinajstić information content (AvgIpc) is 2.81. The molecular formula is C15H20N2O2S2. The van der Waals surface area contributed by atoms with Crippen LogP contribution in [0.5, 0.6) is 5.75 Å². The maximum atomic E-state index is 11.9. The molecule has 1 aromatic heterocycles. The summed E-state index contributed by atoms with van der Waals surface area (Å²) in [5.74, 6) is 1.65. The predicted octanol–water partition coefficient (Wildman–Crippen LogP) is 3.16. The van der Waals surface area contributed by atoms with Crippen molar-refractivity contribution in [2.24, 2.45) is 10.9 Å². The Bertz CT molecular complexity index is 701. The molecule has 1 heterocycles. The van der Waals surface area contributed by atoms with Gasteiger partial charge in [-0.2, -0.15) is 16.8 Å². The molecule has 0 bridgehead atoms. The minimum atomic E-state index is -0.0845. The van der Waals surface area contributed by atoms with Gasteiger partial charge >= 0.3 is 0 Å². The van der Waals surface area contributed by atoms with E-state index in [0.29, 0.717) is 0 Å². The van der Waals surface area contributed by atoms with Crippen molar-refractivity contribution >= 4 is 39.2 Å². The third kappa shape index (κ3) is 3.68. The van der Waals surface area contributed by atoms with Gasteiger partial charge in [-0.15, -0.1) is 0 Å². The maximum absolute atomic E-state index is 11.9. The SMILES string of the molecule is COc1ccc2c(c1)sc(=NC(=O)C(C)C)n2CCSC. The highest BCUT2D eigenvalue weighted by atomic mass is 32.2. The first-order chi connectivity index (χ1) is 10.1. The quantitative estimate of drug-likeness (QED) is 0.848. The molecule has 0 aliphatic rings. The molecule has 0 spiro atoms. The van der Waals surface area contributed by atoms with E-state index in [1.807, 2.05) is 32.0 Å². The first kappa shape index (κ1) is 16.1. The molecule has 0 fully saturated rings. The summed E-state index contributed by atoms with van der Waals surface area (Å²) in [6.45, 7) is 4.58. The molecule has 1 aromatic carbocycles. The van der Waals surface area contributed by atoms with Gasteiger partial charge in [0.2, 0.25) is 0 Å². The van der Waals surface area contributed by atoms with E-state index >= 15 is 0 Å². The molecule has 0 aliphatic carbocycles. The normalized spacial score (nSPS) is 12.3. The lowest BCUT2D eigenvalue weighted by Crippen LogP contribution is -2.19. The van der Waals surface area contributed by atoms with Crippen LogP contribution < -0.4 is 9.54 Å². The minimum absolute atomic E-state index is 0.0774. The summed E-state index contributed by atoms with van der Waals surface area (Å²) in [5.41, 5.74) is 1.10. The van der Waals surface area contributed by atoms with E-state index in [0.717, 1.165) is 33.1 Å². The molecule has 1 amide bonds. The Morgan fingerprint density at radius 2 is 2.24 bits per heavy atom. The molecule has 0 N–H and O–H groups in total. The standard InChI is InChI=1S/C15H20N2O2S2/c1-10(2)14(18)16-15-17(7-8-20-4)12-6-5-11(19-3)9-13(12)21-15/h5-6,9-10H,7-8H2,1-4H3. The summed E-state index contributed by atoms with van der Waals surface area (Å²) in [7, 11) is 1.66. The highest BCUT2D eigenvalue weighted by molar-refractivity contribution is 7.98. The van der Waals surface area contributed by atoms with E-state index in [1.165, 1.54) is 11.3 Å². The fourth-order valence-electron chi connectivity index (χ4n) is 1.89. The molecule has 2 aromatic rings. The van der Waals surface area contributed by atoms with Crippen LogP contribution in [0.25, 0.3) is 10.2 Å². The fraction of sp³-hybridized carbons (Fsp3) is 0.467. The molecule has 4 nitrogen and oxygen atoms in total. The zero-order valence-electron chi connectivity index (χ0n) is 12.8. The van der Waals surface area contributed by atoms with Gasteiger partial charge in [0.25, 0.3) is 5.91 Å². The van der Waals surface area contributed by atoms with E-state index in [2.05, 4.69) is 15.8 Å². The van der Waals surface area contributed by atoms with Gasteiger partial charge in [0.05, 0.1) is 17.3 Å². The smallest absolute Gasteiger partial charge is 0.250 e. The number of hydrogen-bond acceptors (Lipinski definition) is 4. The van der Waals surface area contributed by atoms with Crippen LogP contribution in [0.3, 0.4) is 0 Å². The van der Waals surface area contributed by atoms with Crippen molar-refractivity contribution in [1.82, 2.24) is 4.57 Å². The van der Waals surface area contributed by atoms with Crippen LogP contribution in [0.4, 0.5) is 0 Å². The Morgan fingerprint density at radius 1 is 1.48 bits per heavy atom. The van der Waals surface area contributed by atoms with Gasteiger partial charge in [-0.1, -0.05) is 25.2 Å². The lowest BCUT2D eigenvalue weighted by atomic mass is 10.2. The lowest BCUT2D eigenvalue weighted by molar-refractivity contribution is -0.120. The summed E-state index contributed by atoms with van der Waals surface area (Å²) in [6, 6.07) is 5.97. The number of thioether (sulfide) groups is 1. The third-order valence-electron chi connectivity index (χ3n) is 3.11. The number of aromatic nitrogens is 1. The average molecular weight is 324 g/mol. The van der Waals surface area contributed by atoms with Crippen molar-refractivity contribution in [3.63, 3.8) is 0 Å². The number of methoxy groups -OCH3 is 1. The van der Waals surface area contributed by atoms with Crippen LogP contribution in [-0.2, 0) is 11.3 Å². The summed E-state index contributed by atoms with van der Waals surface area (Å²) >= 11 is 3.32. The van der Waals surface area contributed by atoms with Crippen LogP contribution in [-0.4, -0.2) is 29.6 Å². The van der Waals surface area contributed by atoms with Gasteiger partial charge in [0.15, 0.2) is 4.80 Å². The largest absolute Gasteiger partial charge is 0.497 e. The number of thiazole rings is 1. The summed E-state index contributed by atoms with van der Waals surface area (Å²) in [6.07, 6.45) is 2.08. The van der Waals surface area contributed by atoms with Gasteiger partial charge < -0.3 is 9.30 Å². The van der Waals surface area contributed by atoms with E-state index in [4.69, 9.17) is 4.74 Å². The lowest BCUT2D eigenvalue weighted by Gasteiger charge is -2.05. The topological polar surface area (TPSA) is 43.6 Å². The molecule has 0 atom stereocenters. The molecule has 6 heteroatoms. The molecule has 114 valence electrons. The van der Waals surface area contributed by atoms with Gasteiger partial charge in [0.1, 0.15) is 5.75 Å². The minimum Gasteiger partial charge on any atom is -0.497 e. The first-order valence-electron chi connectivity index (χ1n) is 6.81. The zero-order valence-corrected chi connectivity index (χ0v) is 14.4. The Hall–Kier alpha value is -1.27. The predicted molar refractivity (Wildman–Crippen MR) is 90.2 cm³/mol. The van der Waals surface area contributed by atoms with Crippen molar-refractivity contribution in [2.45, 2.75) is 20.4 Å². The number of carbonyl (C=O) groups is 1. The third-order valence-corrected chi connectivity index (χ3v) is 4.74. The second-order valence-electron chi connectivity index (χ2n) is 4.97. The van der Waals surface area contributed by atoms with Crippen molar-refractivity contribution in [2.75, 3.05) is 19.1 Å². The van der Waals surface area contributed by atoms with Crippen molar-refractivity contribution in [3.05, 3.63) is 23.0 Å². The van der Waals surface area contributed by atoms with Crippen LogP contribution in [0.2, 0.25) is 0 Å². The number of nitrogens with zero attached hydrogens (tertiary/aromatic N) is 2. The molecule has 0 aliphatic heterocycles. The highest BCUT2D eigenvalue weighted by Crippen LogP contribution is 2.23. The first-order valence-corrected chi connectivity index (χ1v) is 9.02. The van der Waals surface area contributed by atoms with Crippen molar-refractivity contribution < 1.29 is 9.53 Å². The van der Waals surface area contributed by atoms with Gasteiger partial charge in [0, 0.05) is 18.2 Å². The second-order valence-corrected chi connectivity index (χ2v) is 6.96. The number of amides is 1. The number of benzene rings is 1. The molecule has 0 radical (unpaired) electrons. The Labute approximate surface area is 132 Å². The van der Waals surface area contributed by atoms with Gasteiger partial charge in [-0.3, -0.25) is 4.79 Å². The van der Waals surface area contributed by atoms with Crippen LogP contribution >= 0.6 is 23.1 Å². The molecule has 21 heavy (non-hydrogen) atoms. The maximum Gasteiger partial charge on any atom is 0.250 e. The Morgan fingerprint density at radius 3 is 2.86 bits per heavy atom. The number of hydrogen-bond donors (Lipinski definition) is 0. The monoisotopic (exact) mass is 324 g/mol. The fourth-order valence-corrected chi connectivity index (χ4v) is 3.34. The highest BCUT2D eigenvalue weighted by Gasteiger charge is 2.10. The molecule has 0 saturated heterocycles. The zero-order chi connectivity index (χ0) is 15.4. The Balaban J connectivity index is 2.59. The number of rotatable bonds is 5. The number of ether oxygens (including phenoxy) is 1. The molecule has 2 rings (SSSR count). The summed E-state index contributed by atoms with van der Waals surface area (Å²) in [4.78, 5) is 17.0. The van der Waals surface area contributed by atoms with Crippen LogP contribution in [0.1, 0.15) is 13.8 Å². The van der Waals surface area contributed by atoms with Crippen molar-refractivity contribution in [3.8, 4) is 5.75 Å². The van der Waals surface area contributed by atoms with E-state index < -0.39 is 0 Å². The van der Waals surface area contributed by atoms with Gasteiger partial charge in [-0.25, -0.2) is 0 Å². The number of fused-ring (bicyclic) bond motifs is 1. The van der Waals surface area contributed by atoms with Gasteiger partial charge in [-0.05, 0) is 24.5 Å². The molecular weight excluding hydrogens is 304 g/mol. The molecule has 0 unspecified atom stereocenters. The number of carbonyl (C=O) groups excluding carboxylic acids is 1. The van der Waals surface area contributed by atoms with E-state index in [-0.39, 0.29) is 11.8 Å². The van der Waals surface area contributed by atoms with E-state index in [1.54, 1.807) is 18.9 Å². The van der Waals surface area contributed by atoms with Crippen LogP contribution in [0, 0.1) is 5.92 Å². The summed E-state index contributed by atoms with van der Waals surface area (Å²) in [5, 5.41) is 0. The van der Waals surface area contributed by atoms with E-state index in [9.17, 15) is 4.79 Å². The number of aryl methyl sites for hydroxylation is 1.